The highest BCUT2D eigenvalue weighted by Crippen LogP contribution is 2.36. The molecular weight excluding hydrogens is 524 g/mol. The number of piperidine rings is 1. The number of carbonyl (C=O) groups is 1. The van der Waals surface area contributed by atoms with Gasteiger partial charge in [0.25, 0.3) is 10.0 Å². The van der Waals surface area contributed by atoms with Crippen LogP contribution in [-0.2, 0) is 14.8 Å². The summed E-state index contributed by atoms with van der Waals surface area (Å²) in [5, 5.41) is 0.628. The summed E-state index contributed by atoms with van der Waals surface area (Å²) < 4.78 is 30.0. The Morgan fingerprint density at radius 1 is 1.11 bits per heavy atom. The number of hydrogen-bond acceptors (Lipinski definition) is 7. The van der Waals surface area contributed by atoms with Gasteiger partial charge in [-0.3, -0.25) is 9.69 Å². The Labute approximate surface area is 220 Å². The lowest BCUT2D eigenvalue weighted by Crippen LogP contribution is -2.53. The standard InChI is InChI=1S/C24H31ClN4O3S3/c1-16-9-10-17(2)22-21(16)26-24(34-22)28(14-7-13-27(3)4)23(30)18-8-5-6-15-29(18)35(31,32)20-12-11-19(25)33-20/h9-12,18H,5-8,13-15H2,1-4H3. The van der Waals surface area contributed by atoms with E-state index in [0.717, 1.165) is 58.5 Å². The SMILES string of the molecule is Cc1ccc(C)c2sc(N(CCCN(C)C)C(=O)C3CCCCN3S(=O)(=O)c3ccc(Cl)s3)nc12. The summed E-state index contributed by atoms with van der Waals surface area (Å²) in [6, 6.07) is 6.45. The molecule has 1 fully saturated rings. The number of thiazole rings is 1. The van der Waals surface area contributed by atoms with Crippen LogP contribution in [0.1, 0.15) is 36.8 Å². The van der Waals surface area contributed by atoms with E-state index in [4.69, 9.17) is 16.6 Å². The molecule has 35 heavy (non-hydrogen) atoms. The molecule has 1 amide bonds. The van der Waals surface area contributed by atoms with E-state index in [1.165, 1.54) is 21.7 Å². The number of rotatable bonds is 8. The summed E-state index contributed by atoms with van der Waals surface area (Å²) in [5.41, 5.74) is 3.08. The first-order valence-corrected chi connectivity index (χ1v) is 15.1. The Kier molecular flexibility index (Phi) is 8.19. The highest BCUT2D eigenvalue weighted by Gasteiger charge is 2.41. The Bertz CT molecular complexity index is 1280. The van der Waals surface area contributed by atoms with Crippen molar-refractivity contribution in [3.63, 3.8) is 0 Å². The summed E-state index contributed by atoms with van der Waals surface area (Å²) in [6.45, 7) is 5.67. The third kappa shape index (κ3) is 5.57. The van der Waals surface area contributed by atoms with Crippen molar-refractivity contribution < 1.29 is 13.2 Å². The van der Waals surface area contributed by atoms with Gasteiger partial charge in [-0.1, -0.05) is 41.5 Å². The molecule has 2 aromatic heterocycles. The Morgan fingerprint density at radius 3 is 2.51 bits per heavy atom. The molecule has 0 N–H and O–H groups in total. The molecule has 190 valence electrons. The zero-order chi connectivity index (χ0) is 25.3. The van der Waals surface area contributed by atoms with Crippen LogP contribution in [0.4, 0.5) is 5.13 Å². The lowest BCUT2D eigenvalue weighted by molar-refractivity contribution is -0.123. The summed E-state index contributed by atoms with van der Waals surface area (Å²) in [6.07, 6.45) is 2.77. The zero-order valence-electron chi connectivity index (χ0n) is 20.5. The fraction of sp³-hybridized carbons (Fsp3) is 0.500. The molecular formula is C24H31ClN4O3S3. The van der Waals surface area contributed by atoms with Gasteiger partial charge in [-0.15, -0.1) is 11.3 Å². The number of halogens is 1. The van der Waals surface area contributed by atoms with Crippen LogP contribution in [-0.4, -0.2) is 68.3 Å². The van der Waals surface area contributed by atoms with E-state index >= 15 is 0 Å². The number of hydrogen-bond donors (Lipinski definition) is 0. The third-order valence-corrected chi connectivity index (χ3v) is 11.1. The molecule has 0 spiro atoms. The number of aryl methyl sites for hydroxylation is 2. The van der Waals surface area contributed by atoms with E-state index in [2.05, 4.69) is 11.0 Å². The Hall–Kier alpha value is -1.56. The number of carbonyl (C=O) groups excluding carboxylic acids is 1. The second-order valence-corrected chi connectivity index (χ2v) is 14.0. The first-order valence-electron chi connectivity index (χ1n) is 11.7. The molecule has 7 nitrogen and oxygen atoms in total. The maximum absolute atomic E-state index is 14.1. The van der Waals surface area contributed by atoms with Crippen molar-refractivity contribution in [2.45, 2.75) is 49.8 Å². The average Bonchev–Trinajstić information content (AvgIpc) is 3.46. The maximum Gasteiger partial charge on any atom is 0.253 e. The second-order valence-electron chi connectivity index (χ2n) is 9.21. The first kappa shape index (κ1) is 26.5. The van der Waals surface area contributed by atoms with E-state index < -0.39 is 16.1 Å². The summed E-state index contributed by atoms with van der Waals surface area (Å²) in [5.74, 6) is -0.205. The van der Waals surface area contributed by atoms with Crippen molar-refractivity contribution in [3.05, 3.63) is 39.7 Å². The number of thiophene rings is 1. The molecule has 1 atom stereocenters. The van der Waals surface area contributed by atoms with Crippen molar-refractivity contribution in [3.8, 4) is 0 Å². The zero-order valence-corrected chi connectivity index (χ0v) is 23.7. The van der Waals surface area contributed by atoms with Crippen LogP contribution in [0, 0.1) is 13.8 Å². The predicted octanol–water partition coefficient (Wildman–Crippen LogP) is 5.16. The van der Waals surface area contributed by atoms with Crippen molar-refractivity contribution >= 4 is 65.6 Å². The smallest absolute Gasteiger partial charge is 0.253 e. The minimum absolute atomic E-state index is 0.174. The fourth-order valence-electron chi connectivity index (χ4n) is 4.38. The molecule has 11 heteroatoms. The van der Waals surface area contributed by atoms with Gasteiger partial charge >= 0.3 is 0 Å². The predicted molar refractivity (Wildman–Crippen MR) is 145 cm³/mol. The summed E-state index contributed by atoms with van der Waals surface area (Å²) >= 11 is 8.56. The molecule has 0 aliphatic carbocycles. The molecule has 1 aliphatic heterocycles. The molecule has 1 saturated heterocycles. The molecule has 1 aliphatic rings. The highest BCUT2D eigenvalue weighted by molar-refractivity contribution is 7.91. The molecule has 0 saturated carbocycles. The normalized spacial score (nSPS) is 17.4. The number of fused-ring (bicyclic) bond motifs is 1. The molecule has 0 radical (unpaired) electrons. The number of sulfonamides is 1. The topological polar surface area (TPSA) is 73.8 Å². The van der Waals surface area contributed by atoms with Crippen molar-refractivity contribution in [2.24, 2.45) is 0 Å². The number of aromatic nitrogens is 1. The van der Waals surface area contributed by atoms with Gasteiger partial charge in [-0.05, 0) is 77.0 Å². The second kappa shape index (κ2) is 10.8. The van der Waals surface area contributed by atoms with Gasteiger partial charge < -0.3 is 4.90 Å². The monoisotopic (exact) mass is 554 g/mol. The van der Waals surface area contributed by atoms with Crippen LogP contribution in [0.15, 0.2) is 28.5 Å². The van der Waals surface area contributed by atoms with Crippen molar-refractivity contribution in [1.29, 1.82) is 0 Å². The van der Waals surface area contributed by atoms with E-state index in [1.54, 1.807) is 11.0 Å². The van der Waals surface area contributed by atoms with E-state index in [1.807, 2.05) is 34.0 Å². The van der Waals surface area contributed by atoms with E-state index in [0.29, 0.717) is 29.0 Å². The van der Waals surface area contributed by atoms with Gasteiger partial charge in [0.15, 0.2) is 5.13 Å². The minimum atomic E-state index is -3.83. The molecule has 3 aromatic rings. The minimum Gasteiger partial charge on any atom is -0.309 e. The molecule has 0 bridgehead atoms. The number of benzene rings is 1. The summed E-state index contributed by atoms with van der Waals surface area (Å²) in [4.78, 5) is 22.7. The summed E-state index contributed by atoms with van der Waals surface area (Å²) in [7, 11) is 0.168. The average molecular weight is 555 g/mol. The van der Waals surface area contributed by atoms with Gasteiger partial charge in [0.2, 0.25) is 5.91 Å². The highest BCUT2D eigenvalue weighted by atomic mass is 35.5. The first-order chi connectivity index (χ1) is 16.6. The number of amides is 1. The Balaban J connectivity index is 1.71. The van der Waals surface area contributed by atoms with Crippen LogP contribution in [0.25, 0.3) is 10.2 Å². The van der Waals surface area contributed by atoms with Gasteiger partial charge in [-0.2, -0.15) is 4.31 Å². The van der Waals surface area contributed by atoms with Gasteiger partial charge in [0.1, 0.15) is 10.3 Å². The van der Waals surface area contributed by atoms with Crippen LogP contribution < -0.4 is 4.90 Å². The van der Waals surface area contributed by atoms with Crippen molar-refractivity contribution in [2.75, 3.05) is 38.6 Å². The van der Waals surface area contributed by atoms with Crippen LogP contribution in [0.3, 0.4) is 0 Å². The lowest BCUT2D eigenvalue weighted by atomic mass is 10.0. The number of nitrogens with zero attached hydrogens (tertiary/aromatic N) is 4. The number of anilines is 1. The quantitative estimate of drug-likeness (QED) is 0.385. The molecule has 4 rings (SSSR count). The van der Waals surface area contributed by atoms with Crippen LogP contribution in [0.5, 0.6) is 0 Å². The van der Waals surface area contributed by atoms with E-state index in [-0.39, 0.29) is 10.1 Å². The Morgan fingerprint density at radius 2 is 1.86 bits per heavy atom. The third-order valence-electron chi connectivity index (χ3n) is 6.27. The van der Waals surface area contributed by atoms with Gasteiger partial charge in [-0.25, -0.2) is 13.4 Å². The lowest BCUT2D eigenvalue weighted by Gasteiger charge is -2.36. The largest absolute Gasteiger partial charge is 0.309 e. The van der Waals surface area contributed by atoms with Crippen LogP contribution >= 0.6 is 34.3 Å². The van der Waals surface area contributed by atoms with Crippen molar-refractivity contribution in [1.82, 2.24) is 14.2 Å². The van der Waals surface area contributed by atoms with Gasteiger partial charge in [0, 0.05) is 13.1 Å². The molecule has 3 heterocycles. The van der Waals surface area contributed by atoms with Gasteiger partial charge in [0.05, 0.1) is 14.6 Å². The molecule has 1 aromatic carbocycles. The van der Waals surface area contributed by atoms with Crippen LogP contribution in [0.2, 0.25) is 4.34 Å². The van der Waals surface area contributed by atoms with E-state index in [9.17, 15) is 13.2 Å². The molecule has 1 unspecified atom stereocenters. The fourth-order valence-corrected chi connectivity index (χ4v) is 8.79. The maximum atomic E-state index is 14.1.